The molecule has 0 saturated heterocycles. The summed E-state index contributed by atoms with van der Waals surface area (Å²) in [6.45, 7) is 0. The van der Waals surface area contributed by atoms with E-state index in [4.69, 9.17) is 10.5 Å². The van der Waals surface area contributed by atoms with Crippen LogP contribution in [-0.2, 0) is 0 Å². The molecular weight excluding hydrogens is 162 g/mol. The van der Waals surface area contributed by atoms with Gasteiger partial charge in [0.1, 0.15) is 5.75 Å². The number of hydrogen-bond acceptors (Lipinski definition) is 2. The van der Waals surface area contributed by atoms with Gasteiger partial charge in [-0.25, -0.2) is 0 Å². The van der Waals surface area contributed by atoms with E-state index in [2.05, 4.69) is 6.07 Å². The van der Waals surface area contributed by atoms with E-state index in [9.17, 15) is 0 Å². The van der Waals surface area contributed by atoms with Crippen molar-refractivity contribution in [2.45, 2.75) is 18.9 Å². The second-order valence-electron chi connectivity index (χ2n) is 3.64. The maximum atomic E-state index is 6.07. The Kier molecular flexibility index (Phi) is 2.23. The normalized spacial score (nSPS) is 18.3. The molecule has 2 heteroatoms. The second kappa shape index (κ2) is 3.38. The van der Waals surface area contributed by atoms with Crippen molar-refractivity contribution in [1.82, 2.24) is 0 Å². The highest BCUT2D eigenvalue weighted by atomic mass is 16.5. The first-order valence-corrected chi connectivity index (χ1v) is 4.71. The van der Waals surface area contributed by atoms with Crippen LogP contribution in [0.3, 0.4) is 0 Å². The van der Waals surface area contributed by atoms with Gasteiger partial charge in [0, 0.05) is 6.04 Å². The van der Waals surface area contributed by atoms with E-state index >= 15 is 0 Å². The smallest absolute Gasteiger partial charge is 0.119 e. The Morgan fingerprint density at radius 3 is 2.85 bits per heavy atom. The van der Waals surface area contributed by atoms with Crippen molar-refractivity contribution < 1.29 is 4.74 Å². The number of nitrogens with two attached hydrogens (primary N) is 1. The fraction of sp³-hybridized carbons (Fsp3) is 0.455. The van der Waals surface area contributed by atoms with Crippen LogP contribution in [0.4, 0.5) is 0 Å². The van der Waals surface area contributed by atoms with Gasteiger partial charge >= 0.3 is 0 Å². The summed E-state index contributed by atoms with van der Waals surface area (Å²) in [5.74, 6) is 1.60. The van der Waals surface area contributed by atoms with E-state index in [0.717, 1.165) is 5.75 Å². The molecule has 1 aromatic carbocycles. The summed E-state index contributed by atoms with van der Waals surface area (Å²) < 4.78 is 5.15. The third kappa shape index (κ3) is 1.83. The first-order valence-electron chi connectivity index (χ1n) is 4.71. The van der Waals surface area contributed by atoms with Crippen LogP contribution < -0.4 is 10.5 Å². The summed E-state index contributed by atoms with van der Waals surface area (Å²) in [6, 6.07) is 8.25. The molecule has 0 aliphatic heterocycles. The molecule has 0 spiro atoms. The van der Waals surface area contributed by atoms with Crippen molar-refractivity contribution in [3.8, 4) is 5.75 Å². The lowest BCUT2D eigenvalue weighted by molar-refractivity contribution is 0.413. The molecule has 1 aliphatic rings. The summed E-state index contributed by atoms with van der Waals surface area (Å²) >= 11 is 0. The standard InChI is InChI=1S/C11H15NO/c1-13-10-4-2-3-9(7-10)11(12)8-5-6-8/h2-4,7-8,11H,5-6,12H2,1H3/t11-/m0/s1. The zero-order valence-electron chi connectivity index (χ0n) is 7.86. The Labute approximate surface area is 78.7 Å². The Morgan fingerprint density at radius 1 is 1.46 bits per heavy atom. The monoisotopic (exact) mass is 177 g/mol. The molecule has 1 fully saturated rings. The van der Waals surface area contributed by atoms with Crippen LogP contribution in [0.15, 0.2) is 24.3 Å². The Morgan fingerprint density at radius 2 is 2.23 bits per heavy atom. The van der Waals surface area contributed by atoms with Gasteiger partial charge in [-0.15, -0.1) is 0 Å². The highest BCUT2D eigenvalue weighted by molar-refractivity contribution is 5.31. The molecule has 0 bridgehead atoms. The van der Waals surface area contributed by atoms with Crippen molar-refractivity contribution >= 4 is 0 Å². The van der Waals surface area contributed by atoms with Gasteiger partial charge in [0.25, 0.3) is 0 Å². The quantitative estimate of drug-likeness (QED) is 0.767. The van der Waals surface area contributed by atoms with Gasteiger partial charge in [-0.2, -0.15) is 0 Å². The van der Waals surface area contributed by atoms with Crippen LogP contribution in [0.25, 0.3) is 0 Å². The van der Waals surface area contributed by atoms with Gasteiger partial charge in [-0.1, -0.05) is 12.1 Å². The number of benzene rings is 1. The predicted molar refractivity (Wildman–Crippen MR) is 52.6 cm³/mol. The van der Waals surface area contributed by atoms with Crippen LogP contribution >= 0.6 is 0 Å². The summed E-state index contributed by atoms with van der Waals surface area (Å²) in [7, 11) is 1.68. The third-order valence-corrected chi connectivity index (χ3v) is 2.61. The van der Waals surface area contributed by atoms with E-state index in [-0.39, 0.29) is 6.04 Å². The van der Waals surface area contributed by atoms with Crippen molar-refractivity contribution in [2.24, 2.45) is 11.7 Å². The number of methoxy groups -OCH3 is 1. The van der Waals surface area contributed by atoms with Crippen molar-refractivity contribution in [3.05, 3.63) is 29.8 Å². The molecule has 0 heterocycles. The van der Waals surface area contributed by atoms with E-state index in [1.54, 1.807) is 7.11 Å². The lowest BCUT2D eigenvalue weighted by Crippen LogP contribution is -2.12. The molecule has 0 amide bonds. The maximum Gasteiger partial charge on any atom is 0.119 e. The van der Waals surface area contributed by atoms with Crippen LogP contribution in [0.1, 0.15) is 24.4 Å². The summed E-state index contributed by atoms with van der Waals surface area (Å²) in [5, 5.41) is 0. The molecule has 1 aliphatic carbocycles. The molecule has 2 rings (SSSR count). The number of rotatable bonds is 3. The first kappa shape index (κ1) is 8.57. The summed E-state index contributed by atoms with van der Waals surface area (Å²) in [5.41, 5.74) is 7.26. The Balaban J connectivity index is 2.18. The summed E-state index contributed by atoms with van der Waals surface area (Å²) in [4.78, 5) is 0. The fourth-order valence-corrected chi connectivity index (χ4v) is 1.58. The maximum absolute atomic E-state index is 6.07. The minimum Gasteiger partial charge on any atom is -0.497 e. The Hall–Kier alpha value is -1.02. The average molecular weight is 177 g/mol. The molecule has 70 valence electrons. The molecule has 1 atom stereocenters. The minimum absolute atomic E-state index is 0.204. The highest BCUT2D eigenvalue weighted by Crippen LogP contribution is 2.39. The lowest BCUT2D eigenvalue weighted by atomic mass is 10.0. The average Bonchev–Trinajstić information content (AvgIpc) is 3.00. The molecule has 1 saturated carbocycles. The van der Waals surface area contributed by atoms with Gasteiger partial charge in [0.15, 0.2) is 0 Å². The van der Waals surface area contributed by atoms with Crippen LogP contribution in [0.5, 0.6) is 5.75 Å². The molecule has 0 radical (unpaired) electrons. The zero-order valence-corrected chi connectivity index (χ0v) is 7.86. The van der Waals surface area contributed by atoms with Crippen molar-refractivity contribution in [2.75, 3.05) is 7.11 Å². The second-order valence-corrected chi connectivity index (χ2v) is 3.64. The van der Waals surface area contributed by atoms with E-state index < -0.39 is 0 Å². The van der Waals surface area contributed by atoms with E-state index in [1.165, 1.54) is 18.4 Å². The van der Waals surface area contributed by atoms with Gasteiger partial charge in [0.05, 0.1) is 7.11 Å². The van der Waals surface area contributed by atoms with Crippen LogP contribution in [0.2, 0.25) is 0 Å². The van der Waals surface area contributed by atoms with Crippen molar-refractivity contribution in [1.29, 1.82) is 0 Å². The van der Waals surface area contributed by atoms with Gasteiger partial charge in [0.2, 0.25) is 0 Å². The summed E-state index contributed by atoms with van der Waals surface area (Å²) in [6.07, 6.45) is 2.55. The molecular formula is C11H15NO. The molecule has 0 unspecified atom stereocenters. The highest BCUT2D eigenvalue weighted by Gasteiger charge is 2.29. The molecule has 2 nitrogen and oxygen atoms in total. The largest absolute Gasteiger partial charge is 0.497 e. The van der Waals surface area contributed by atoms with Gasteiger partial charge in [-0.05, 0) is 36.5 Å². The number of ether oxygens (including phenoxy) is 1. The third-order valence-electron chi connectivity index (χ3n) is 2.61. The first-order chi connectivity index (χ1) is 6.31. The van der Waals surface area contributed by atoms with Gasteiger partial charge < -0.3 is 10.5 Å². The molecule has 0 aromatic heterocycles. The molecule has 2 N–H and O–H groups in total. The minimum atomic E-state index is 0.204. The molecule has 13 heavy (non-hydrogen) atoms. The van der Waals surface area contributed by atoms with E-state index in [1.807, 2.05) is 18.2 Å². The topological polar surface area (TPSA) is 35.2 Å². The van der Waals surface area contributed by atoms with Gasteiger partial charge in [-0.3, -0.25) is 0 Å². The fourth-order valence-electron chi connectivity index (χ4n) is 1.58. The van der Waals surface area contributed by atoms with E-state index in [0.29, 0.717) is 5.92 Å². The predicted octanol–water partition coefficient (Wildman–Crippen LogP) is 2.10. The number of hydrogen-bond donors (Lipinski definition) is 1. The zero-order chi connectivity index (χ0) is 9.26. The Bertz CT molecular complexity index is 294. The SMILES string of the molecule is COc1cccc([C@@H](N)C2CC2)c1. The lowest BCUT2D eigenvalue weighted by Gasteiger charge is -2.11. The van der Waals surface area contributed by atoms with Crippen LogP contribution in [-0.4, -0.2) is 7.11 Å². The molecule has 1 aromatic rings. The van der Waals surface area contributed by atoms with Crippen molar-refractivity contribution in [3.63, 3.8) is 0 Å². The van der Waals surface area contributed by atoms with Crippen LogP contribution in [0, 0.1) is 5.92 Å².